The Morgan fingerprint density at radius 2 is 2.33 bits per heavy atom. The van der Waals surface area contributed by atoms with E-state index in [1.54, 1.807) is 29.5 Å². The Kier molecular flexibility index (Phi) is 4.19. The molecule has 0 aliphatic heterocycles. The Morgan fingerprint density at radius 1 is 1.50 bits per heavy atom. The smallest absolute Gasteiger partial charge is 0.0992 e. The molecule has 1 N–H and O–H groups in total. The number of halogens is 1. The van der Waals surface area contributed by atoms with Crippen LogP contribution in [-0.4, -0.2) is 4.98 Å². The number of aryl methyl sites for hydroxylation is 1. The maximum atomic E-state index is 8.84. The van der Waals surface area contributed by atoms with Gasteiger partial charge in [-0.15, -0.1) is 11.3 Å². The van der Waals surface area contributed by atoms with Crippen LogP contribution in [0.4, 0.5) is 5.69 Å². The van der Waals surface area contributed by atoms with Crippen molar-refractivity contribution >= 4 is 28.6 Å². The predicted octanol–water partition coefficient (Wildman–Crippen LogP) is 3.84. The molecule has 0 spiro atoms. The van der Waals surface area contributed by atoms with Gasteiger partial charge in [0.05, 0.1) is 39.6 Å². The van der Waals surface area contributed by atoms with Crippen molar-refractivity contribution in [3.8, 4) is 6.07 Å². The van der Waals surface area contributed by atoms with Gasteiger partial charge in [0.25, 0.3) is 0 Å². The number of nitrogens with zero attached hydrogens (tertiary/aromatic N) is 2. The first-order valence-corrected chi connectivity index (χ1v) is 6.85. The Labute approximate surface area is 115 Å². The Balaban J connectivity index is 2.08. The summed E-state index contributed by atoms with van der Waals surface area (Å²) in [5.41, 5.74) is 2.35. The molecular weight excluding hydrogens is 266 g/mol. The van der Waals surface area contributed by atoms with E-state index in [-0.39, 0.29) is 0 Å². The van der Waals surface area contributed by atoms with E-state index in [0.717, 1.165) is 22.8 Å². The quantitative estimate of drug-likeness (QED) is 0.924. The van der Waals surface area contributed by atoms with Crippen molar-refractivity contribution in [2.75, 3.05) is 5.32 Å². The summed E-state index contributed by atoms with van der Waals surface area (Å²) in [6.45, 7) is 2.70. The number of nitrogens with one attached hydrogen (secondary N) is 1. The highest BCUT2D eigenvalue weighted by molar-refractivity contribution is 7.09. The van der Waals surface area contributed by atoms with Gasteiger partial charge < -0.3 is 5.32 Å². The van der Waals surface area contributed by atoms with Gasteiger partial charge in [0, 0.05) is 5.38 Å². The molecule has 0 unspecified atom stereocenters. The third kappa shape index (κ3) is 3.00. The molecule has 0 aliphatic carbocycles. The minimum absolute atomic E-state index is 0.592. The minimum Gasteiger partial charge on any atom is -0.378 e. The summed E-state index contributed by atoms with van der Waals surface area (Å²) in [6, 6.07) is 7.26. The molecule has 3 nitrogen and oxygen atoms in total. The lowest BCUT2D eigenvalue weighted by Crippen LogP contribution is -2.00. The molecule has 0 atom stereocenters. The van der Waals surface area contributed by atoms with Crippen molar-refractivity contribution < 1.29 is 0 Å². The van der Waals surface area contributed by atoms with Crippen LogP contribution in [0.1, 0.15) is 23.2 Å². The van der Waals surface area contributed by atoms with Gasteiger partial charge in [-0.3, -0.25) is 0 Å². The monoisotopic (exact) mass is 277 g/mol. The highest BCUT2D eigenvalue weighted by atomic mass is 35.5. The maximum absolute atomic E-state index is 8.84. The summed E-state index contributed by atoms with van der Waals surface area (Å²) in [6.07, 6.45) is 0.954. The van der Waals surface area contributed by atoms with Crippen molar-refractivity contribution in [3.63, 3.8) is 0 Å². The van der Waals surface area contributed by atoms with Crippen LogP contribution >= 0.6 is 22.9 Å². The summed E-state index contributed by atoms with van der Waals surface area (Å²) in [5.74, 6) is 0. The van der Waals surface area contributed by atoms with Crippen molar-refractivity contribution in [2.45, 2.75) is 19.9 Å². The summed E-state index contributed by atoms with van der Waals surface area (Å²) < 4.78 is 0. The fraction of sp³-hybridized carbons (Fsp3) is 0.231. The zero-order valence-corrected chi connectivity index (χ0v) is 11.5. The largest absolute Gasteiger partial charge is 0.378 e. The lowest BCUT2D eigenvalue weighted by Gasteiger charge is -2.06. The van der Waals surface area contributed by atoms with Gasteiger partial charge in [-0.2, -0.15) is 5.26 Å². The maximum Gasteiger partial charge on any atom is 0.0992 e. The number of aromatic nitrogens is 1. The second-order valence-corrected chi connectivity index (χ2v) is 5.10. The first kappa shape index (κ1) is 12.9. The SMILES string of the molecule is CCc1nc(CNc2cc(C#N)ccc2Cl)cs1. The van der Waals surface area contributed by atoms with Gasteiger partial charge in [-0.05, 0) is 24.6 Å². The third-order valence-electron chi connectivity index (χ3n) is 2.46. The van der Waals surface area contributed by atoms with Crippen LogP contribution < -0.4 is 5.32 Å². The van der Waals surface area contributed by atoms with Gasteiger partial charge in [0.2, 0.25) is 0 Å². The lowest BCUT2D eigenvalue weighted by atomic mass is 10.2. The number of hydrogen-bond acceptors (Lipinski definition) is 4. The van der Waals surface area contributed by atoms with E-state index >= 15 is 0 Å². The van der Waals surface area contributed by atoms with E-state index in [4.69, 9.17) is 16.9 Å². The first-order chi connectivity index (χ1) is 8.72. The molecule has 0 aliphatic rings. The van der Waals surface area contributed by atoms with Gasteiger partial charge in [0.15, 0.2) is 0 Å². The van der Waals surface area contributed by atoms with Crippen LogP contribution in [-0.2, 0) is 13.0 Å². The molecule has 5 heteroatoms. The second kappa shape index (κ2) is 5.85. The fourth-order valence-corrected chi connectivity index (χ4v) is 2.44. The summed E-state index contributed by atoms with van der Waals surface area (Å²) in [5, 5.41) is 15.8. The second-order valence-electron chi connectivity index (χ2n) is 3.75. The van der Waals surface area contributed by atoms with Crippen LogP contribution in [0.2, 0.25) is 5.02 Å². The third-order valence-corrected chi connectivity index (χ3v) is 3.83. The van der Waals surface area contributed by atoms with E-state index in [9.17, 15) is 0 Å². The van der Waals surface area contributed by atoms with Crippen LogP contribution in [0.25, 0.3) is 0 Å². The average molecular weight is 278 g/mol. The Bertz CT molecular complexity index is 586. The molecule has 0 radical (unpaired) electrons. The Morgan fingerprint density at radius 3 is 3.00 bits per heavy atom. The molecule has 0 saturated carbocycles. The molecule has 1 heterocycles. The molecule has 0 fully saturated rings. The van der Waals surface area contributed by atoms with Crippen LogP contribution in [0, 0.1) is 11.3 Å². The van der Waals surface area contributed by atoms with Crippen molar-refractivity contribution in [2.24, 2.45) is 0 Å². The topological polar surface area (TPSA) is 48.7 Å². The fourth-order valence-electron chi connectivity index (χ4n) is 1.51. The predicted molar refractivity (Wildman–Crippen MR) is 75.0 cm³/mol. The molecule has 92 valence electrons. The van der Waals surface area contributed by atoms with Gasteiger partial charge in [-0.1, -0.05) is 18.5 Å². The highest BCUT2D eigenvalue weighted by Crippen LogP contribution is 2.23. The zero-order chi connectivity index (χ0) is 13.0. The lowest BCUT2D eigenvalue weighted by molar-refractivity contribution is 1.01. The zero-order valence-electron chi connectivity index (χ0n) is 9.90. The molecule has 2 rings (SSSR count). The van der Waals surface area contributed by atoms with Gasteiger partial charge in [0.1, 0.15) is 0 Å². The standard InChI is InChI=1S/C13H12ClN3S/c1-2-13-17-10(8-18-13)7-16-12-5-9(6-15)3-4-11(12)14/h3-5,8,16H,2,7H2,1H3. The highest BCUT2D eigenvalue weighted by Gasteiger charge is 2.04. The number of hydrogen-bond donors (Lipinski definition) is 1. The van der Waals surface area contributed by atoms with Crippen LogP contribution in [0.3, 0.4) is 0 Å². The van der Waals surface area contributed by atoms with E-state index < -0.39 is 0 Å². The van der Waals surface area contributed by atoms with Crippen molar-refractivity contribution in [3.05, 3.63) is 44.9 Å². The van der Waals surface area contributed by atoms with Gasteiger partial charge >= 0.3 is 0 Å². The number of thiazole rings is 1. The summed E-state index contributed by atoms with van der Waals surface area (Å²) >= 11 is 7.72. The first-order valence-electron chi connectivity index (χ1n) is 5.59. The number of anilines is 1. The number of nitriles is 1. The molecule has 1 aromatic carbocycles. The summed E-state index contributed by atoms with van der Waals surface area (Å²) in [7, 11) is 0. The van der Waals surface area contributed by atoms with E-state index in [1.807, 2.05) is 5.38 Å². The molecule has 18 heavy (non-hydrogen) atoms. The average Bonchev–Trinajstić information content (AvgIpc) is 2.86. The van der Waals surface area contributed by atoms with Crippen molar-refractivity contribution in [1.82, 2.24) is 4.98 Å². The Hall–Kier alpha value is -1.57. The molecule has 0 amide bonds. The van der Waals surface area contributed by atoms with Crippen LogP contribution in [0.15, 0.2) is 23.6 Å². The minimum atomic E-state index is 0.592. The van der Waals surface area contributed by atoms with Gasteiger partial charge in [-0.25, -0.2) is 4.98 Å². The molecule has 0 bridgehead atoms. The van der Waals surface area contributed by atoms with E-state index in [2.05, 4.69) is 23.3 Å². The van der Waals surface area contributed by atoms with Crippen molar-refractivity contribution in [1.29, 1.82) is 5.26 Å². The normalized spacial score (nSPS) is 10.1. The molecular formula is C13H12ClN3S. The van der Waals surface area contributed by atoms with E-state index in [1.165, 1.54) is 0 Å². The molecule has 1 aromatic heterocycles. The molecule has 2 aromatic rings. The summed E-state index contributed by atoms with van der Waals surface area (Å²) in [4.78, 5) is 4.46. The van der Waals surface area contributed by atoms with Crippen LogP contribution in [0.5, 0.6) is 0 Å². The van der Waals surface area contributed by atoms with E-state index in [0.29, 0.717) is 17.1 Å². The number of benzene rings is 1. The molecule has 0 saturated heterocycles. The number of rotatable bonds is 4.